The second-order valence-electron chi connectivity index (χ2n) is 6.66. The zero-order chi connectivity index (χ0) is 20.2. The molecule has 0 atom stereocenters. The Morgan fingerprint density at radius 2 is 1.85 bits per heavy atom. The third kappa shape index (κ3) is 6.02. The number of nitrogens with one attached hydrogen (secondary N) is 1. The van der Waals surface area contributed by atoms with Gasteiger partial charge in [0, 0.05) is 10.3 Å². The molecule has 0 aromatic carbocycles. The highest BCUT2D eigenvalue weighted by Crippen LogP contribution is 2.20. The Morgan fingerprint density at radius 3 is 2.52 bits per heavy atom. The van der Waals surface area contributed by atoms with Gasteiger partial charge in [-0.1, -0.05) is 44.0 Å². The lowest BCUT2D eigenvalue weighted by molar-refractivity contribution is -0.128. The van der Waals surface area contributed by atoms with Crippen molar-refractivity contribution in [1.29, 1.82) is 0 Å². The number of halogens is 2. The highest BCUT2D eigenvalue weighted by Gasteiger charge is 2.21. The lowest BCUT2D eigenvalue weighted by Crippen LogP contribution is -2.34. The SMILES string of the molecule is CC(C)(C)C(=O)NCc1ccc(C(=O)COC(=O)c2nc(Cl)ccc2Cl)s1. The van der Waals surface area contributed by atoms with E-state index < -0.39 is 18.0 Å². The van der Waals surface area contributed by atoms with E-state index in [-0.39, 0.29) is 27.6 Å². The number of rotatable bonds is 6. The number of ether oxygens (including phenoxy) is 1. The van der Waals surface area contributed by atoms with Gasteiger partial charge in [-0.25, -0.2) is 9.78 Å². The Labute approximate surface area is 170 Å². The molecule has 2 aromatic heterocycles. The van der Waals surface area contributed by atoms with Crippen LogP contribution in [0.25, 0.3) is 0 Å². The fraction of sp³-hybridized carbons (Fsp3) is 0.333. The van der Waals surface area contributed by atoms with E-state index in [9.17, 15) is 14.4 Å². The number of amides is 1. The normalized spacial score (nSPS) is 11.1. The third-order valence-corrected chi connectivity index (χ3v) is 5.02. The number of esters is 1. The first kappa shape index (κ1) is 21.3. The number of carbonyl (C=O) groups is 3. The van der Waals surface area contributed by atoms with Crippen molar-refractivity contribution in [3.63, 3.8) is 0 Å². The first-order valence-electron chi connectivity index (χ1n) is 7.97. The van der Waals surface area contributed by atoms with Gasteiger partial charge in [-0.05, 0) is 24.3 Å². The topological polar surface area (TPSA) is 85.4 Å². The van der Waals surface area contributed by atoms with E-state index >= 15 is 0 Å². The molecule has 2 rings (SSSR count). The molecule has 1 N–H and O–H groups in total. The lowest BCUT2D eigenvalue weighted by Gasteiger charge is -2.17. The summed E-state index contributed by atoms with van der Waals surface area (Å²) < 4.78 is 4.98. The van der Waals surface area contributed by atoms with Crippen LogP contribution >= 0.6 is 34.5 Å². The van der Waals surface area contributed by atoms with Gasteiger partial charge in [-0.15, -0.1) is 11.3 Å². The molecule has 0 saturated heterocycles. The van der Waals surface area contributed by atoms with Crippen molar-refractivity contribution in [2.75, 3.05) is 6.61 Å². The number of hydrogen-bond donors (Lipinski definition) is 1. The summed E-state index contributed by atoms with van der Waals surface area (Å²) in [5, 5.41) is 3.00. The van der Waals surface area contributed by atoms with E-state index in [4.69, 9.17) is 27.9 Å². The molecule has 6 nitrogen and oxygen atoms in total. The maximum atomic E-state index is 12.2. The Morgan fingerprint density at radius 1 is 1.15 bits per heavy atom. The Bertz CT molecular complexity index is 874. The van der Waals surface area contributed by atoms with Crippen LogP contribution in [0.3, 0.4) is 0 Å². The number of thiophene rings is 1. The lowest BCUT2D eigenvalue weighted by atomic mass is 9.96. The van der Waals surface area contributed by atoms with Crippen LogP contribution in [0.1, 0.15) is 45.8 Å². The zero-order valence-electron chi connectivity index (χ0n) is 15.0. The highest BCUT2D eigenvalue weighted by molar-refractivity contribution is 7.14. The van der Waals surface area contributed by atoms with Crippen LogP contribution in [0.2, 0.25) is 10.2 Å². The Hall–Kier alpha value is -1.96. The van der Waals surface area contributed by atoms with Crippen molar-refractivity contribution in [1.82, 2.24) is 10.3 Å². The molecule has 2 heterocycles. The summed E-state index contributed by atoms with van der Waals surface area (Å²) >= 11 is 12.8. The van der Waals surface area contributed by atoms with Gasteiger partial charge < -0.3 is 10.1 Å². The van der Waals surface area contributed by atoms with Crippen molar-refractivity contribution in [3.8, 4) is 0 Å². The molecule has 0 saturated carbocycles. The minimum absolute atomic E-state index is 0.0800. The summed E-state index contributed by atoms with van der Waals surface area (Å²) in [6.07, 6.45) is 0. The van der Waals surface area contributed by atoms with E-state index in [1.807, 2.05) is 20.8 Å². The van der Waals surface area contributed by atoms with Gasteiger partial charge in [0.05, 0.1) is 16.4 Å². The van der Waals surface area contributed by atoms with Crippen molar-refractivity contribution < 1.29 is 19.1 Å². The molecule has 0 aliphatic carbocycles. The van der Waals surface area contributed by atoms with E-state index in [1.54, 1.807) is 12.1 Å². The van der Waals surface area contributed by atoms with Gasteiger partial charge in [0.1, 0.15) is 5.15 Å². The monoisotopic (exact) mass is 428 g/mol. The number of ketones is 1. The number of pyridine rings is 1. The van der Waals surface area contributed by atoms with Gasteiger partial charge in [0.25, 0.3) is 0 Å². The van der Waals surface area contributed by atoms with Crippen LogP contribution in [-0.2, 0) is 16.1 Å². The van der Waals surface area contributed by atoms with E-state index in [1.165, 1.54) is 23.5 Å². The minimum atomic E-state index is -0.829. The minimum Gasteiger partial charge on any atom is -0.452 e. The van der Waals surface area contributed by atoms with Gasteiger partial charge >= 0.3 is 5.97 Å². The fourth-order valence-corrected chi connectivity index (χ4v) is 3.09. The zero-order valence-corrected chi connectivity index (χ0v) is 17.3. The maximum absolute atomic E-state index is 12.2. The molecule has 27 heavy (non-hydrogen) atoms. The number of aromatic nitrogens is 1. The molecule has 0 radical (unpaired) electrons. The molecular weight excluding hydrogens is 411 g/mol. The summed E-state index contributed by atoms with van der Waals surface area (Å²) in [7, 11) is 0. The first-order valence-corrected chi connectivity index (χ1v) is 9.54. The average Bonchev–Trinajstić information content (AvgIpc) is 3.07. The summed E-state index contributed by atoms with van der Waals surface area (Å²) in [5.41, 5.74) is -0.631. The smallest absolute Gasteiger partial charge is 0.359 e. The van der Waals surface area contributed by atoms with Crippen LogP contribution in [0.4, 0.5) is 0 Å². The summed E-state index contributed by atoms with van der Waals surface area (Å²) in [4.78, 5) is 41.1. The van der Waals surface area contributed by atoms with Crippen molar-refractivity contribution >= 4 is 52.2 Å². The standard InChI is InChI=1S/C18H18Cl2N2O4S/c1-18(2,3)17(25)21-8-10-4-6-13(27-10)12(23)9-26-16(24)15-11(19)5-7-14(20)22-15/h4-7H,8-9H2,1-3H3,(H,21,25). The van der Waals surface area contributed by atoms with Crippen LogP contribution in [0.5, 0.6) is 0 Å². The number of nitrogens with zero attached hydrogens (tertiary/aromatic N) is 1. The van der Waals surface area contributed by atoms with Crippen molar-refractivity contribution in [2.45, 2.75) is 27.3 Å². The molecule has 1 amide bonds. The van der Waals surface area contributed by atoms with Gasteiger partial charge in [0.2, 0.25) is 11.7 Å². The number of Topliss-reactive ketones (excluding diaryl/α,β-unsaturated/α-hetero) is 1. The molecule has 0 unspecified atom stereocenters. The number of hydrogen-bond acceptors (Lipinski definition) is 6. The summed E-state index contributed by atoms with van der Waals surface area (Å²) in [6, 6.07) is 6.24. The van der Waals surface area contributed by atoms with Gasteiger partial charge in [-0.3, -0.25) is 9.59 Å². The van der Waals surface area contributed by atoms with Crippen LogP contribution in [-0.4, -0.2) is 29.3 Å². The predicted octanol–water partition coefficient (Wildman–Crippen LogP) is 4.15. The molecule has 0 bridgehead atoms. The molecule has 0 spiro atoms. The van der Waals surface area contributed by atoms with Gasteiger partial charge in [0.15, 0.2) is 12.3 Å². The molecule has 144 valence electrons. The van der Waals surface area contributed by atoms with E-state index in [0.717, 1.165) is 4.88 Å². The summed E-state index contributed by atoms with van der Waals surface area (Å²) in [6.45, 7) is 5.34. The number of carbonyl (C=O) groups excluding carboxylic acids is 3. The van der Waals surface area contributed by atoms with E-state index in [2.05, 4.69) is 10.3 Å². The molecule has 0 fully saturated rings. The van der Waals surface area contributed by atoms with Crippen molar-refractivity contribution in [2.24, 2.45) is 5.41 Å². The van der Waals surface area contributed by atoms with E-state index in [0.29, 0.717) is 11.4 Å². The quantitative estimate of drug-likeness (QED) is 0.424. The second kappa shape index (κ2) is 8.82. The second-order valence-corrected chi connectivity index (χ2v) is 8.63. The fourth-order valence-electron chi connectivity index (χ4n) is 1.89. The van der Waals surface area contributed by atoms with Gasteiger partial charge in [-0.2, -0.15) is 0 Å². The third-order valence-electron chi connectivity index (χ3n) is 3.38. The maximum Gasteiger partial charge on any atom is 0.359 e. The highest BCUT2D eigenvalue weighted by atomic mass is 35.5. The van der Waals surface area contributed by atoms with Crippen LogP contribution in [0.15, 0.2) is 24.3 Å². The molecule has 0 aliphatic rings. The molecule has 0 aliphatic heterocycles. The Kier molecular flexibility index (Phi) is 6.97. The molecule has 2 aromatic rings. The molecular formula is C18H18Cl2N2O4S. The predicted molar refractivity (Wildman–Crippen MR) is 104 cm³/mol. The molecule has 9 heteroatoms. The average molecular weight is 429 g/mol. The largest absolute Gasteiger partial charge is 0.452 e. The Balaban J connectivity index is 1.91. The van der Waals surface area contributed by atoms with Crippen LogP contribution in [0, 0.1) is 5.41 Å². The first-order chi connectivity index (χ1) is 12.6. The van der Waals surface area contributed by atoms with Crippen molar-refractivity contribution in [3.05, 3.63) is 49.9 Å². The van der Waals surface area contributed by atoms with Crippen LogP contribution < -0.4 is 5.32 Å². The summed E-state index contributed by atoms with van der Waals surface area (Å²) in [5.74, 6) is -1.27.